The summed E-state index contributed by atoms with van der Waals surface area (Å²) in [5.74, 6) is -0.298. The predicted octanol–water partition coefficient (Wildman–Crippen LogP) is 4.12. The number of anilines is 1. The van der Waals surface area contributed by atoms with Crippen molar-refractivity contribution in [1.29, 1.82) is 0 Å². The summed E-state index contributed by atoms with van der Waals surface area (Å²) in [6.07, 6.45) is -1.85. The van der Waals surface area contributed by atoms with Crippen molar-refractivity contribution >= 4 is 17.3 Å². The molecule has 1 aromatic heterocycles. The van der Waals surface area contributed by atoms with Crippen molar-refractivity contribution in [3.8, 4) is 0 Å². The number of nitrogens with zero attached hydrogens (tertiary/aromatic N) is 3. The van der Waals surface area contributed by atoms with E-state index in [1.54, 1.807) is 11.1 Å². The quantitative estimate of drug-likeness (QED) is 0.784. The first-order chi connectivity index (χ1) is 9.82. The van der Waals surface area contributed by atoms with Gasteiger partial charge in [0.15, 0.2) is 0 Å². The fraction of sp³-hybridized carbons (Fsp3) is 0.714. The van der Waals surface area contributed by atoms with E-state index >= 15 is 0 Å². The van der Waals surface area contributed by atoms with E-state index in [2.05, 4.69) is 9.97 Å². The number of alkyl halides is 4. The minimum atomic E-state index is -4.15. The van der Waals surface area contributed by atoms with Crippen LogP contribution in [0.15, 0.2) is 6.20 Å². The van der Waals surface area contributed by atoms with Gasteiger partial charge in [-0.2, -0.15) is 13.2 Å². The number of rotatable bonds is 3. The maximum atomic E-state index is 12.9. The molecule has 0 aromatic carbocycles. The van der Waals surface area contributed by atoms with Gasteiger partial charge in [0.1, 0.15) is 5.82 Å². The highest BCUT2D eigenvalue weighted by atomic mass is 35.5. The van der Waals surface area contributed by atoms with E-state index in [4.69, 9.17) is 11.6 Å². The van der Waals surface area contributed by atoms with Crippen molar-refractivity contribution in [1.82, 2.24) is 9.97 Å². The SMILES string of the molecule is CC(C)c1ncc(N2CCCC(C(F)(F)F)C2)c(CCl)n1. The van der Waals surface area contributed by atoms with Gasteiger partial charge in [-0.25, -0.2) is 9.97 Å². The van der Waals surface area contributed by atoms with Gasteiger partial charge in [-0.3, -0.25) is 0 Å². The summed E-state index contributed by atoms with van der Waals surface area (Å²) in [6, 6.07) is 0. The van der Waals surface area contributed by atoms with Crippen molar-refractivity contribution in [2.75, 3.05) is 18.0 Å². The van der Waals surface area contributed by atoms with Crippen molar-refractivity contribution < 1.29 is 13.2 Å². The molecular weight excluding hydrogens is 303 g/mol. The molecule has 118 valence electrons. The van der Waals surface area contributed by atoms with Gasteiger partial charge in [-0.1, -0.05) is 13.8 Å². The van der Waals surface area contributed by atoms with Gasteiger partial charge >= 0.3 is 6.18 Å². The summed E-state index contributed by atoms with van der Waals surface area (Å²) < 4.78 is 38.7. The van der Waals surface area contributed by atoms with Crippen LogP contribution < -0.4 is 4.90 Å². The normalized spacial score (nSPS) is 20.1. The predicted molar refractivity (Wildman–Crippen MR) is 76.7 cm³/mol. The fourth-order valence-electron chi connectivity index (χ4n) is 2.53. The zero-order chi connectivity index (χ0) is 15.6. The molecule has 21 heavy (non-hydrogen) atoms. The molecule has 2 rings (SSSR count). The molecule has 0 aliphatic carbocycles. The van der Waals surface area contributed by atoms with Crippen molar-refractivity contribution in [3.05, 3.63) is 17.7 Å². The Morgan fingerprint density at radius 1 is 1.43 bits per heavy atom. The molecule has 0 spiro atoms. The lowest BCUT2D eigenvalue weighted by atomic mass is 9.97. The zero-order valence-electron chi connectivity index (χ0n) is 12.1. The van der Waals surface area contributed by atoms with Gasteiger partial charge in [0, 0.05) is 19.0 Å². The standard InChI is InChI=1S/C14H19ClF3N3/c1-9(2)13-19-7-12(11(6-15)20-13)21-5-3-4-10(8-21)14(16,17)18/h7,9-10H,3-6,8H2,1-2H3. The highest BCUT2D eigenvalue weighted by molar-refractivity contribution is 6.17. The van der Waals surface area contributed by atoms with Gasteiger partial charge in [0.05, 0.1) is 29.4 Å². The Morgan fingerprint density at radius 3 is 2.71 bits per heavy atom. The van der Waals surface area contributed by atoms with Crippen LogP contribution in [0.5, 0.6) is 0 Å². The summed E-state index contributed by atoms with van der Waals surface area (Å²) in [7, 11) is 0. The number of piperidine rings is 1. The van der Waals surface area contributed by atoms with E-state index in [0.29, 0.717) is 30.2 Å². The third kappa shape index (κ3) is 3.78. The highest BCUT2D eigenvalue weighted by Crippen LogP contribution is 2.35. The molecule has 3 nitrogen and oxygen atoms in total. The molecule has 2 heterocycles. The Hall–Kier alpha value is -1.04. The number of halogens is 4. The Kier molecular flexibility index (Phi) is 4.96. The van der Waals surface area contributed by atoms with Gasteiger partial charge in [0.2, 0.25) is 0 Å². The van der Waals surface area contributed by atoms with Crippen molar-refractivity contribution in [2.45, 2.75) is 44.7 Å². The highest BCUT2D eigenvalue weighted by Gasteiger charge is 2.42. The number of aromatic nitrogens is 2. The molecule has 1 aliphatic rings. The van der Waals surface area contributed by atoms with Gasteiger partial charge in [-0.15, -0.1) is 11.6 Å². The molecule has 0 N–H and O–H groups in total. The Balaban J connectivity index is 2.24. The summed E-state index contributed by atoms with van der Waals surface area (Å²) in [5, 5.41) is 0. The molecular formula is C14H19ClF3N3. The van der Waals surface area contributed by atoms with E-state index < -0.39 is 12.1 Å². The van der Waals surface area contributed by atoms with Crippen molar-refractivity contribution in [3.63, 3.8) is 0 Å². The Bertz CT molecular complexity index is 491. The summed E-state index contributed by atoms with van der Waals surface area (Å²) in [6.45, 7) is 4.47. The molecule has 0 bridgehead atoms. The van der Waals surface area contributed by atoms with E-state index in [1.165, 1.54) is 0 Å². The minimum Gasteiger partial charge on any atom is -0.368 e. The van der Waals surface area contributed by atoms with Crippen LogP contribution >= 0.6 is 11.6 Å². The van der Waals surface area contributed by atoms with Crippen molar-refractivity contribution in [2.24, 2.45) is 5.92 Å². The summed E-state index contributed by atoms with van der Waals surface area (Å²) >= 11 is 5.92. The molecule has 1 unspecified atom stereocenters. The van der Waals surface area contributed by atoms with Crippen LogP contribution in [0.2, 0.25) is 0 Å². The van der Waals surface area contributed by atoms with E-state index in [-0.39, 0.29) is 24.8 Å². The van der Waals surface area contributed by atoms with Crippen LogP contribution in [-0.4, -0.2) is 29.2 Å². The lowest BCUT2D eigenvalue weighted by molar-refractivity contribution is -0.176. The van der Waals surface area contributed by atoms with Crippen LogP contribution in [-0.2, 0) is 5.88 Å². The fourth-order valence-corrected chi connectivity index (χ4v) is 2.73. The zero-order valence-corrected chi connectivity index (χ0v) is 12.9. The molecule has 0 amide bonds. The van der Waals surface area contributed by atoms with E-state index in [9.17, 15) is 13.2 Å². The smallest absolute Gasteiger partial charge is 0.368 e. The lowest BCUT2D eigenvalue weighted by Crippen LogP contribution is -2.42. The first kappa shape index (κ1) is 16.3. The molecule has 0 saturated carbocycles. The largest absolute Gasteiger partial charge is 0.393 e. The first-order valence-corrected chi connectivity index (χ1v) is 7.59. The van der Waals surface area contributed by atoms with Crippen LogP contribution in [0.1, 0.15) is 44.1 Å². The molecule has 1 aliphatic heterocycles. The summed E-state index contributed by atoms with van der Waals surface area (Å²) in [5.41, 5.74) is 1.24. The van der Waals surface area contributed by atoms with Gasteiger partial charge < -0.3 is 4.90 Å². The molecule has 0 radical (unpaired) electrons. The molecule has 7 heteroatoms. The third-order valence-electron chi connectivity index (χ3n) is 3.73. The number of hydrogen-bond acceptors (Lipinski definition) is 3. The van der Waals surface area contributed by atoms with Crippen LogP contribution in [0.3, 0.4) is 0 Å². The molecule has 1 aromatic rings. The Morgan fingerprint density at radius 2 is 2.14 bits per heavy atom. The molecule has 1 atom stereocenters. The Labute approximate surface area is 127 Å². The average Bonchev–Trinajstić information content (AvgIpc) is 2.45. The average molecular weight is 322 g/mol. The van der Waals surface area contributed by atoms with E-state index in [0.717, 1.165) is 0 Å². The first-order valence-electron chi connectivity index (χ1n) is 7.06. The maximum absolute atomic E-state index is 12.9. The lowest BCUT2D eigenvalue weighted by Gasteiger charge is -2.35. The molecule has 1 saturated heterocycles. The van der Waals surface area contributed by atoms with Crippen LogP contribution in [0.4, 0.5) is 18.9 Å². The second-order valence-corrected chi connectivity index (χ2v) is 5.94. The summed E-state index contributed by atoms with van der Waals surface area (Å²) in [4.78, 5) is 10.4. The van der Waals surface area contributed by atoms with E-state index in [1.807, 2.05) is 13.8 Å². The molecule has 1 fully saturated rings. The second-order valence-electron chi connectivity index (χ2n) is 5.68. The van der Waals surface area contributed by atoms with Crippen LogP contribution in [0.25, 0.3) is 0 Å². The topological polar surface area (TPSA) is 29.0 Å². The monoisotopic (exact) mass is 321 g/mol. The number of hydrogen-bond donors (Lipinski definition) is 0. The third-order valence-corrected chi connectivity index (χ3v) is 3.99. The maximum Gasteiger partial charge on any atom is 0.393 e. The van der Waals surface area contributed by atoms with Gasteiger partial charge in [0.25, 0.3) is 0 Å². The van der Waals surface area contributed by atoms with Gasteiger partial charge in [-0.05, 0) is 12.8 Å². The second kappa shape index (κ2) is 6.38. The van der Waals surface area contributed by atoms with Crippen LogP contribution in [0, 0.1) is 5.92 Å². The minimum absolute atomic E-state index is 0.0439.